The van der Waals surface area contributed by atoms with Gasteiger partial charge in [-0.2, -0.15) is 0 Å². The first kappa shape index (κ1) is 19.2. The van der Waals surface area contributed by atoms with Crippen LogP contribution in [-0.2, 0) is 5.54 Å². The molecule has 1 aromatic carbocycles. The molecule has 2 aromatic heterocycles. The van der Waals surface area contributed by atoms with Gasteiger partial charge in [-0.05, 0) is 43.2 Å². The number of carboxylic acids is 1. The fraction of sp³-hybridized carbons (Fsp3) is 0.286. The number of fused-ring (bicyclic) bond motifs is 1. The summed E-state index contributed by atoms with van der Waals surface area (Å²) in [6.45, 7) is 0. The zero-order valence-corrected chi connectivity index (χ0v) is 15.5. The van der Waals surface area contributed by atoms with Crippen molar-refractivity contribution in [2.24, 2.45) is 5.73 Å². The number of hydrogen-bond donors (Lipinski definition) is 2. The average Bonchev–Trinajstić information content (AvgIpc) is 2.69. The van der Waals surface area contributed by atoms with Crippen molar-refractivity contribution >= 4 is 17.0 Å². The third kappa shape index (κ3) is 3.29. The van der Waals surface area contributed by atoms with Crippen molar-refractivity contribution in [2.45, 2.75) is 37.6 Å². The summed E-state index contributed by atoms with van der Waals surface area (Å²) in [6, 6.07) is 6.27. The van der Waals surface area contributed by atoms with Gasteiger partial charge in [-0.1, -0.05) is 19.3 Å². The van der Waals surface area contributed by atoms with Gasteiger partial charge in [0.15, 0.2) is 0 Å². The van der Waals surface area contributed by atoms with E-state index in [0.717, 1.165) is 31.5 Å². The SMILES string of the molecule is NC1(c2nc3c(cc2F)c(=O)c(C(=O)O)cn3-c2ccc(F)cc2)CCCCC1. The van der Waals surface area contributed by atoms with Gasteiger partial charge in [-0.25, -0.2) is 18.6 Å². The van der Waals surface area contributed by atoms with E-state index in [2.05, 4.69) is 4.98 Å². The predicted molar refractivity (Wildman–Crippen MR) is 103 cm³/mol. The summed E-state index contributed by atoms with van der Waals surface area (Å²) in [5.74, 6) is -2.65. The number of nitrogens with zero attached hydrogens (tertiary/aromatic N) is 2. The fourth-order valence-electron chi connectivity index (χ4n) is 3.94. The lowest BCUT2D eigenvalue weighted by Crippen LogP contribution is -2.40. The van der Waals surface area contributed by atoms with Crippen molar-refractivity contribution in [2.75, 3.05) is 0 Å². The topological polar surface area (TPSA) is 98.2 Å². The molecule has 0 radical (unpaired) electrons. The van der Waals surface area contributed by atoms with Crippen LogP contribution in [0.25, 0.3) is 16.7 Å². The smallest absolute Gasteiger partial charge is 0.341 e. The van der Waals surface area contributed by atoms with Gasteiger partial charge in [0.05, 0.1) is 16.6 Å². The van der Waals surface area contributed by atoms with Crippen molar-refractivity contribution in [3.05, 3.63) is 69.6 Å². The number of nitrogens with two attached hydrogens (primary N) is 1. The lowest BCUT2D eigenvalue weighted by molar-refractivity contribution is 0.0695. The van der Waals surface area contributed by atoms with Crippen LogP contribution in [0, 0.1) is 11.6 Å². The summed E-state index contributed by atoms with van der Waals surface area (Å²) < 4.78 is 29.7. The highest BCUT2D eigenvalue weighted by atomic mass is 19.1. The molecule has 1 saturated carbocycles. The Balaban J connectivity index is 2.05. The highest BCUT2D eigenvalue weighted by molar-refractivity contribution is 5.92. The number of hydrogen-bond acceptors (Lipinski definition) is 4. The van der Waals surface area contributed by atoms with E-state index in [1.165, 1.54) is 28.8 Å². The standard InChI is InChI=1S/C21H19F2N3O3/c22-12-4-6-13(7-5-12)26-11-15(20(28)29)17(27)14-10-16(23)18(25-19(14)26)21(24)8-2-1-3-9-21/h4-7,10-11H,1-3,8-9,24H2,(H,28,29). The monoisotopic (exact) mass is 399 g/mol. The largest absolute Gasteiger partial charge is 0.477 e. The number of rotatable bonds is 3. The molecule has 6 nitrogen and oxygen atoms in total. The van der Waals surface area contributed by atoms with Crippen LogP contribution in [-0.4, -0.2) is 20.6 Å². The summed E-state index contributed by atoms with van der Waals surface area (Å²) in [5.41, 5.74) is 4.67. The molecule has 2 heterocycles. The van der Waals surface area contributed by atoms with E-state index in [0.29, 0.717) is 18.5 Å². The van der Waals surface area contributed by atoms with Crippen LogP contribution >= 0.6 is 0 Å². The minimum absolute atomic E-state index is 0.0584. The van der Waals surface area contributed by atoms with Crippen LogP contribution in [0.5, 0.6) is 0 Å². The molecule has 8 heteroatoms. The zero-order chi connectivity index (χ0) is 20.8. The van der Waals surface area contributed by atoms with Gasteiger partial charge in [-0.15, -0.1) is 0 Å². The van der Waals surface area contributed by atoms with E-state index in [-0.39, 0.29) is 16.7 Å². The lowest BCUT2D eigenvalue weighted by atomic mass is 9.79. The Morgan fingerprint density at radius 1 is 1.14 bits per heavy atom. The first-order valence-corrected chi connectivity index (χ1v) is 9.35. The predicted octanol–water partition coefficient (Wildman–Crippen LogP) is 3.48. The Morgan fingerprint density at radius 2 is 1.79 bits per heavy atom. The minimum atomic E-state index is -1.44. The number of aromatic carboxylic acids is 1. The number of aromatic nitrogens is 2. The Labute approximate surface area is 164 Å². The van der Waals surface area contributed by atoms with Crippen molar-refractivity contribution in [1.29, 1.82) is 0 Å². The van der Waals surface area contributed by atoms with Crippen molar-refractivity contribution < 1.29 is 18.7 Å². The second-order valence-electron chi connectivity index (χ2n) is 7.43. The zero-order valence-electron chi connectivity index (χ0n) is 15.5. The third-order valence-electron chi connectivity index (χ3n) is 5.48. The maximum Gasteiger partial charge on any atom is 0.341 e. The number of pyridine rings is 2. The van der Waals surface area contributed by atoms with Crippen LogP contribution in [0.2, 0.25) is 0 Å². The van der Waals surface area contributed by atoms with Gasteiger partial charge in [0.1, 0.15) is 22.8 Å². The Morgan fingerprint density at radius 3 is 2.41 bits per heavy atom. The van der Waals surface area contributed by atoms with Crippen LogP contribution in [0.3, 0.4) is 0 Å². The second-order valence-corrected chi connectivity index (χ2v) is 7.43. The minimum Gasteiger partial charge on any atom is -0.477 e. The van der Waals surface area contributed by atoms with Gasteiger partial charge in [0.2, 0.25) is 5.43 Å². The summed E-state index contributed by atoms with van der Waals surface area (Å²) in [5, 5.41) is 9.23. The lowest BCUT2D eigenvalue weighted by Gasteiger charge is -2.33. The molecule has 0 aliphatic heterocycles. The van der Waals surface area contributed by atoms with E-state index in [1.54, 1.807) is 0 Å². The molecule has 3 N–H and O–H groups in total. The highest BCUT2D eigenvalue weighted by Crippen LogP contribution is 2.36. The van der Waals surface area contributed by atoms with E-state index >= 15 is 0 Å². The Kier molecular flexibility index (Phi) is 4.66. The molecule has 0 saturated heterocycles. The Bertz CT molecular complexity index is 1170. The van der Waals surface area contributed by atoms with E-state index in [9.17, 15) is 23.5 Å². The number of halogens is 2. The van der Waals surface area contributed by atoms with Gasteiger partial charge < -0.3 is 15.4 Å². The van der Waals surface area contributed by atoms with E-state index in [4.69, 9.17) is 5.73 Å². The van der Waals surface area contributed by atoms with Crippen molar-refractivity contribution in [3.63, 3.8) is 0 Å². The summed E-state index contributed by atoms with van der Waals surface area (Å²) in [7, 11) is 0. The van der Waals surface area contributed by atoms with Gasteiger partial charge in [-0.3, -0.25) is 4.79 Å². The maximum absolute atomic E-state index is 15.0. The second kappa shape index (κ2) is 7.04. The quantitative estimate of drug-likeness (QED) is 0.703. The van der Waals surface area contributed by atoms with E-state index < -0.39 is 34.1 Å². The molecule has 3 aromatic rings. The summed E-state index contributed by atoms with van der Waals surface area (Å²) >= 11 is 0. The molecule has 4 rings (SSSR count). The van der Waals surface area contributed by atoms with Gasteiger partial charge in [0, 0.05) is 11.9 Å². The fourth-order valence-corrected chi connectivity index (χ4v) is 3.94. The van der Waals surface area contributed by atoms with Crippen LogP contribution in [0.1, 0.15) is 48.2 Å². The van der Waals surface area contributed by atoms with Crippen LogP contribution in [0.4, 0.5) is 8.78 Å². The van der Waals surface area contributed by atoms with Crippen LogP contribution in [0.15, 0.2) is 41.3 Å². The average molecular weight is 399 g/mol. The number of benzene rings is 1. The van der Waals surface area contributed by atoms with Crippen molar-refractivity contribution in [1.82, 2.24) is 9.55 Å². The molecule has 0 bridgehead atoms. The number of carbonyl (C=O) groups is 1. The molecular weight excluding hydrogens is 380 g/mol. The summed E-state index contributed by atoms with van der Waals surface area (Å²) in [6.07, 6.45) is 4.96. The molecule has 1 aliphatic rings. The first-order chi connectivity index (χ1) is 13.8. The third-order valence-corrected chi connectivity index (χ3v) is 5.48. The molecule has 0 unspecified atom stereocenters. The van der Waals surface area contributed by atoms with Gasteiger partial charge >= 0.3 is 5.97 Å². The number of carboxylic acid groups (broad SMARTS) is 1. The molecule has 1 aliphatic carbocycles. The molecule has 0 atom stereocenters. The van der Waals surface area contributed by atoms with Gasteiger partial charge in [0.25, 0.3) is 0 Å². The molecule has 0 spiro atoms. The molecule has 1 fully saturated rings. The van der Waals surface area contributed by atoms with Crippen molar-refractivity contribution in [3.8, 4) is 5.69 Å². The maximum atomic E-state index is 15.0. The van der Waals surface area contributed by atoms with Crippen LogP contribution < -0.4 is 11.2 Å². The molecule has 29 heavy (non-hydrogen) atoms. The van der Waals surface area contributed by atoms with E-state index in [1.807, 2.05) is 0 Å². The first-order valence-electron chi connectivity index (χ1n) is 9.35. The molecule has 150 valence electrons. The molecular formula is C21H19F2N3O3. The summed E-state index contributed by atoms with van der Waals surface area (Å²) in [4.78, 5) is 28.6. The molecule has 0 amide bonds. The normalized spacial score (nSPS) is 16.1. The Hall–Kier alpha value is -3.13. The highest BCUT2D eigenvalue weighted by Gasteiger charge is 2.34.